The number of aromatic nitrogens is 1. The highest BCUT2D eigenvalue weighted by Crippen LogP contribution is 2.19. The van der Waals surface area contributed by atoms with Gasteiger partial charge < -0.3 is 22.2 Å². The number of amides is 3. The van der Waals surface area contributed by atoms with Gasteiger partial charge in [0, 0.05) is 17.8 Å². The molecule has 1 aromatic heterocycles. The molecule has 2 aromatic rings. The topological polar surface area (TPSA) is 140 Å². The molecule has 0 aliphatic heterocycles. The van der Waals surface area contributed by atoms with Crippen molar-refractivity contribution in [3.63, 3.8) is 0 Å². The molecule has 3 amide bonds. The second-order valence-corrected chi connectivity index (χ2v) is 4.36. The number of primary amides is 2. The van der Waals surface area contributed by atoms with E-state index in [9.17, 15) is 9.59 Å². The maximum absolute atomic E-state index is 11.3. The summed E-state index contributed by atoms with van der Waals surface area (Å²) < 4.78 is 0. The van der Waals surface area contributed by atoms with Gasteiger partial charge in [0.05, 0.1) is 5.56 Å². The minimum Gasteiger partial charge on any atom is -0.399 e. The summed E-state index contributed by atoms with van der Waals surface area (Å²) >= 11 is 0. The van der Waals surface area contributed by atoms with E-state index in [1.54, 1.807) is 18.2 Å². The maximum Gasteiger partial charge on any atom is 0.317 e. The van der Waals surface area contributed by atoms with Gasteiger partial charge in [-0.15, -0.1) is 0 Å². The molecule has 7 nitrogen and oxygen atoms in total. The van der Waals surface area contributed by atoms with Gasteiger partial charge in [0.15, 0.2) is 0 Å². The summed E-state index contributed by atoms with van der Waals surface area (Å²) in [5.74, 6) is -0.441. The summed E-state index contributed by atoms with van der Waals surface area (Å²) in [4.78, 5) is 25.1. The lowest BCUT2D eigenvalue weighted by Gasteiger charge is -2.01. The lowest BCUT2D eigenvalue weighted by Crippen LogP contribution is -2.22. The summed E-state index contributed by atoms with van der Waals surface area (Å²) in [5.41, 5.74) is 18.5. The molecule has 20 heavy (non-hydrogen) atoms. The number of aromatic amines is 1. The first-order valence-electron chi connectivity index (χ1n) is 5.88. The van der Waals surface area contributed by atoms with Crippen molar-refractivity contribution in [3.05, 3.63) is 47.2 Å². The zero-order valence-corrected chi connectivity index (χ0v) is 10.6. The van der Waals surface area contributed by atoms with Crippen LogP contribution in [0.15, 0.2) is 30.3 Å². The minimum atomic E-state index is -0.770. The van der Waals surface area contributed by atoms with E-state index in [2.05, 4.69) is 10.3 Å². The summed E-state index contributed by atoms with van der Waals surface area (Å²) in [7, 11) is 0. The van der Waals surface area contributed by atoms with Gasteiger partial charge in [0.1, 0.15) is 5.82 Å². The Balaban J connectivity index is 2.26. The van der Waals surface area contributed by atoms with Crippen LogP contribution in [0.1, 0.15) is 21.6 Å². The number of rotatable bonds is 4. The highest BCUT2D eigenvalue weighted by molar-refractivity contribution is 6.01. The van der Waals surface area contributed by atoms with Crippen molar-refractivity contribution in [3.8, 4) is 0 Å². The maximum atomic E-state index is 11.3. The van der Waals surface area contributed by atoms with Crippen LogP contribution < -0.4 is 22.5 Å². The normalized spacial score (nSPS) is 10.2. The molecule has 0 aliphatic carbocycles. The summed E-state index contributed by atoms with van der Waals surface area (Å²) in [5, 5.41) is 2.33. The van der Waals surface area contributed by atoms with E-state index in [4.69, 9.17) is 17.2 Å². The number of carbonyl (C=O) groups is 2. The third kappa shape index (κ3) is 3.08. The monoisotopic (exact) mass is 273 g/mol. The van der Waals surface area contributed by atoms with Crippen molar-refractivity contribution < 1.29 is 9.59 Å². The van der Waals surface area contributed by atoms with Crippen LogP contribution in [0.5, 0.6) is 0 Å². The van der Waals surface area contributed by atoms with Gasteiger partial charge in [-0.05, 0) is 23.8 Å². The first-order valence-corrected chi connectivity index (χ1v) is 5.88. The molecule has 1 aromatic carbocycles. The number of anilines is 2. The van der Waals surface area contributed by atoms with Gasteiger partial charge in [-0.25, -0.2) is 4.79 Å². The second kappa shape index (κ2) is 5.35. The molecule has 104 valence electrons. The van der Waals surface area contributed by atoms with E-state index >= 15 is 0 Å². The number of carbonyl (C=O) groups excluding carboxylic acids is 2. The fraction of sp³-hybridized carbons (Fsp3) is 0.0769. The number of urea groups is 1. The first-order chi connectivity index (χ1) is 9.45. The molecule has 0 saturated heterocycles. The number of nitrogens with two attached hydrogens (primary N) is 3. The van der Waals surface area contributed by atoms with Gasteiger partial charge in [-0.1, -0.05) is 12.1 Å². The Hall–Kier alpha value is -2.96. The Kier molecular flexibility index (Phi) is 3.60. The SMILES string of the molecule is NC(=O)Nc1[nH]c(Cc2ccc(N)cc2)cc1C(N)=O. The fourth-order valence-electron chi connectivity index (χ4n) is 1.88. The van der Waals surface area contributed by atoms with Crippen LogP contribution in [0.25, 0.3) is 0 Å². The molecule has 0 spiro atoms. The van der Waals surface area contributed by atoms with E-state index in [1.165, 1.54) is 0 Å². The number of nitrogens with one attached hydrogen (secondary N) is 2. The molecule has 0 saturated carbocycles. The highest BCUT2D eigenvalue weighted by Gasteiger charge is 2.14. The van der Waals surface area contributed by atoms with Crippen LogP contribution in [-0.2, 0) is 6.42 Å². The van der Waals surface area contributed by atoms with Gasteiger partial charge >= 0.3 is 6.03 Å². The van der Waals surface area contributed by atoms with E-state index < -0.39 is 11.9 Å². The van der Waals surface area contributed by atoms with Crippen LogP contribution in [0.3, 0.4) is 0 Å². The molecule has 0 aliphatic rings. The number of nitrogen functional groups attached to an aromatic ring is 1. The Labute approximate surface area is 115 Å². The van der Waals surface area contributed by atoms with Crippen LogP contribution in [0.2, 0.25) is 0 Å². The van der Waals surface area contributed by atoms with E-state index in [-0.39, 0.29) is 11.4 Å². The zero-order valence-electron chi connectivity index (χ0n) is 10.6. The van der Waals surface area contributed by atoms with Gasteiger partial charge in [-0.2, -0.15) is 0 Å². The number of benzene rings is 1. The molecule has 0 atom stereocenters. The molecule has 0 fully saturated rings. The highest BCUT2D eigenvalue weighted by atomic mass is 16.2. The van der Waals surface area contributed by atoms with Gasteiger partial charge in [0.2, 0.25) is 0 Å². The van der Waals surface area contributed by atoms with E-state index in [1.807, 2.05) is 12.1 Å². The fourth-order valence-corrected chi connectivity index (χ4v) is 1.88. The third-order valence-electron chi connectivity index (χ3n) is 2.76. The lowest BCUT2D eigenvalue weighted by molar-refractivity contribution is 0.100. The lowest BCUT2D eigenvalue weighted by atomic mass is 10.1. The van der Waals surface area contributed by atoms with Crippen molar-refractivity contribution in [2.24, 2.45) is 11.5 Å². The molecular weight excluding hydrogens is 258 g/mol. The Morgan fingerprint density at radius 3 is 2.35 bits per heavy atom. The zero-order chi connectivity index (χ0) is 14.7. The second-order valence-electron chi connectivity index (χ2n) is 4.36. The third-order valence-corrected chi connectivity index (χ3v) is 2.76. The molecule has 1 heterocycles. The largest absolute Gasteiger partial charge is 0.399 e. The predicted molar refractivity (Wildman–Crippen MR) is 76.2 cm³/mol. The standard InChI is InChI=1S/C13H15N5O2/c14-8-3-1-7(2-4-8)5-9-6-10(11(15)19)12(17-9)18-13(16)20/h1-4,6,17H,5,14H2,(H2,15,19)(H3,16,18,20). The Morgan fingerprint density at radius 1 is 1.15 bits per heavy atom. The first kappa shape index (κ1) is 13.5. The number of hydrogen-bond acceptors (Lipinski definition) is 3. The van der Waals surface area contributed by atoms with Crippen molar-refractivity contribution in [2.45, 2.75) is 6.42 Å². The van der Waals surface area contributed by atoms with Crippen molar-refractivity contribution >= 4 is 23.4 Å². The van der Waals surface area contributed by atoms with Crippen molar-refractivity contribution in [1.29, 1.82) is 0 Å². The average Bonchev–Trinajstić information content (AvgIpc) is 2.74. The number of hydrogen-bond donors (Lipinski definition) is 5. The molecule has 0 bridgehead atoms. The summed E-state index contributed by atoms with van der Waals surface area (Å²) in [6.45, 7) is 0. The molecule has 0 radical (unpaired) electrons. The smallest absolute Gasteiger partial charge is 0.317 e. The Morgan fingerprint density at radius 2 is 1.80 bits per heavy atom. The van der Waals surface area contributed by atoms with Gasteiger partial charge in [0.25, 0.3) is 5.91 Å². The molecule has 8 N–H and O–H groups in total. The summed E-state index contributed by atoms with van der Waals surface area (Å²) in [6.07, 6.45) is 0.543. The Bertz CT molecular complexity index is 645. The molecule has 0 unspecified atom stereocenters. The summed E-state index contributed by atoms with van der Waals surface area (Å²) in [6, 6.07) is 8.14. The average molecular weight is 273 g/mol. The number of H-pyrrole nitrogens is 1. The van der Waals surface area contributed by atoms with Crippen LogP contribution in [-0.4, -0.2) is 16.9 Å². The molecule has 7 heteroatoms. The van der Waals surface area contributed by atoms with E-state index in [0.29, 0.717) is 12.1 Å². The van der Waals surface area contributed by atoms with Crippen molar-refractivity contribution in [1.82, 2.24) is 4.98 Å². The quantitative estimate of drug-likeness (QED) is 0.525. The van der Waals surface area contributed by atoms with Crippen LogP contribution in [0, 0.1) is 0 Å². The van der Waals surface area contributed by atoms with Gasteiger partial charge in [-0.3, -0.25) is 10.1 Å². The molecular formula is C13H15N5O2. The predicted octanol–water partition coefficient (Wildman–Crippen LogP) is 0.777. The van der Waals surface area contributed by atoms with E-state index in [0.717, 1.165) is 11.3 Å². The minimum absolute atomic E-state index is 0.189. The van der Waals surface area contributed by atoms with Crippen molar-refractivity contribution in [2.75, 3.05) is 11.1 Å². The molecule has 2 rings (SSSR count). The van der Waals surface area contributed by atoms with Crippen LogP contribution in [0.4, 0.5) is 16.3 Å². The van der Waals surface area contributed by atoms with Crippen LogP contribution >= 0.6 is 0 Å².